The van der Waals surface area contributed by atoms with Crippen molar-refractivity contribution in [3.63, 3.8) is 0 Å². The van der Waals surface area contributed by atoms with Crippen molar-refractivity contribution in [2.24, 2.45) is 10.7 Å². The van der Waals surface area contributed by atoms with Gasteiger partial charge in [0.1, 0.15) is 12.6 Å². The summed E-state index contributed by atoms with van der Waals surface area (Å²) in [7, 11) is 0. The van der Waals surface area contributed by atoms with Crippen LogP contribution in [0.3, 0.4) is 0 Å². The molecule has 0 bridgehead atoms. The minimum atomic E-state index is -0.645. The van der Waals surface area contributed by atoms with Crippen LogP contribution in [0.5, 0.6) is 0 Å². The maximum Gasteiger partial charge on any atom is 0.283 e. The van der Waals surface area contributed by atoms with Crippen LogP contribution in [0.15, 0.2) is 83.9 Å². The van der Waals surface area contributed by atoms with Gasteiger partial charge in [-0.3, -0.25) is 4.79 Å². The Hall–Kier alpha value is -3.08. The normalized spacial score (nSPS) is 14.8. The number of hydrogen-bond acceptors (Lipinski definition) is 3. The zero-order valence-corrected chi connectivity index (χ0v) is 15.5. The highest BCUT2D eigenvalue weighted by Gasteiger charge is 2.19. The molecule has 142 valence electrons. The van der Waals surface area contributed by atoms with Crippen LogP contribution in [-0.2, 0) is 16.1 Å². The second-order valence-electron chi connectivity index (χ2n) is 6.14. The van der Waals surface area contributed by atoms with E-state index in [2.05, 4.69) is 29.0 Å². The minimum Gasteiger partial charge on any atom is -0.461 e. The van der Waals surface area contributed by atoms with Gasteiger partial charge in [-0.15, -0.1) is 6.58 Å². The molecule has 1 aromatic carbocycles. The summed E-state index contributed by atoms with van der Waals surface area (Å²) in [4.78, 5) is 16.9. The summed E-state index contributed by atoms with van der Waals surface area (Å²) in [6.07, 6.45) is 13.9. The second kappa shape index (κ2) is 11.5. The van der Waals surface area contributed by atoms with E-state index in [9.17, 15) is 4.79 Å². The number of carbonyl (C=O) groups excluding carboxylic acids is 1. The molecule has 1 aromatic rings. The average molecular weight is 365 g/mol. The molecule has 5 nitrogen and oxygen atoms in total. The SMILES string of the molecule is C=CCCNC(=O)C(CC1=CC=CCC=C1)N=C(N)OCc1ccccc1. The number of hydrogen-bond donors (Lipinski definition) is 2. The maximum absolute atomic E-state index is 12.6. The number of amidine groups is 1. The summed E-state index contributed by atoms with van der Waals surface area (Å²) in [5.74, 6) is -0.175. The van der Waals surface area contributed by atoms with Gasteiger partial charge in [0.15, 0.2) is 0 Å². The number of carbonyl (C=O) groups is 1. The van der Waals surface area contributed by atoms with E-state index in [0.717, 1.165) is 17.6 Å². The number of rotatable bonds is 9. The monoisotopic (exact) mass is 365 g/mol. The third-order valence-electron chi connectivity index (χ3n) is 3.94. The number of ether oxygens (including phenoxy) is 1. The third-order valence-corrected chi connectivity index (χ3v) is 3.94. The number of benzene rings is 1. The maximum atomic E-state index is 12.6. The van der Waals surface area contributed by atoms with Crippen molar-refractivity contribution in [3.05, 3.63) is 84.5 Å². The van der Waals surface area contributed by atoms with Crippen LogP contribution < -0.4 is 11.1 Å². The van der Waals surface area contributed by atoms with E-state index in [1.165, 1.54) is 0 Å². The largest absolute Gasteiger partial charge is 0.461 e. The molecule has 0 fully saturated rings. The van der Waals surface area contributed by atoms with Crippen LogP contribution in [0.2, 0.25) is 0 Å². The van der Waals surface area contributed by atoms with Crippen molar-refractivity contribution in [2.75, 3.05) is 6.54 Å². The molecule has 3 N–H and O–H groups in total. The Balaban J connectivity index is 2.04. The number of nitrogens with zero attached hydrogens (tertiary/aromatic N) is 1. The van der Waals surface area contributed by atoms with Crippen LogP contribution in [0, 0.1) is 0 Å². The van der Waals surface area contributed by atoms with Gasteiger partial charge in [0.05, 0.1) is 0 Å². The molecular weight excluding hydrogens is 338 g/mol. The summed E-state index contributed by atoms with van der Waals surface area (Å²) in [5, 5.41) is 2.87. The molecule has 0 aromatic heterocycles. The van der Waals surface area contributed by atoms with Crippen molar-refractivity contribution in [3.8, 4) is 0 Å². The van der Waals surface area contributed by atoms with E-state index in [0.29, 0.717) is 26.0 Å². The summed E-state index contributed by atoms with van der Waals surface area (Å²) in [6.45, 7) is 4.50. The van der Waals surface area contributed by atoms with Gasteiger partial charge in [-0.25, -0.2) is 4.99 Å². The molecule has 0 saturated heterocycles. The molecule has 5 heteroatoms. The number of aliphatic imine (C=N–C) groups is 1. The first-order chi connectivity index (χ1) is 13.2. The molecule has 27 heavy (non-hydrogen) atoms. The lowest BCUT2D eigenvalue weighted by molar-refractivity contribution is -0.122. The Bertz CT molecular complexity index is 733. The third kappa shape index (κ3) is 7.77. The van der Waals surface area contributed by atoms with Gasteiger partial charge in [-0.2, -0.15) is 0 Å². The molecular formula is C22H27N3O2. The Morgan fingerprint density at radius 3 is 2.93 bits per heavy atom. The topological polar surface area (TPSA) is 76.7 Å². The number of allylic oxidation sites excluding steroid dienone is 5. The second-order valence-corrected chi connectivity index (χ2v) is 6.14. The first-order valence-corrected chi connectivity index (χ1v) is 9.10. The van der Waals surface area contributed by atoms with Crippen LogP contribution in [-0.4, -0.2) is 24.5 Å². The number of amides is 1. The number of nitrogens with one attached hydrogen (secondary N) is 1. The summed E-state index contributed by atoms with van der Waals surface area (Å²) < 4.78 is 5.53. The Kier molecular flexibility index (Phi) is 8.63. The smallest absolute Gasteiger partial charge is 0.283 e. The molecule has 1 unspecified atom stereocenters. The van der Waals surface area contributed by atoms with Crippen LogP contribution in [0.25, 0.3) is 0 Å². The van der Waals surface area contributed by atoms with E-state index in [1.807, 2.05) is 48.6 Å². The lowest BCUT2D eigenvalue weighted by atomic mass is 10.1. The number of nitrogens with two attached hydrogens (primary N) is 1. The van der Waals surface area contributed by atoms with Crippen molar-refractivity contribution in [1.82, 2.24) is 5.32 Å². The fraction of sp³-hybridized carbons (Fsp3) is 0.273. The average Bonchev–Trinajstić information content (AvgIpc) is 2.95. The first kappa shape index (κ1) is 20.2. The van der Waals surface area contributed by atoms with E-state index < -0.39 is 6.04 Å². The van der Waals surface area contributed by atoms with Gasteiger partial charge < -0.3 is 15.8 Å². The van der Waals surface area contributed by atoms with E-state index >= 15 is 0 Å². The molecule has 1 aliphatic carbocycles. The molecule has 2 rings (SSSR count). The molecule has 1 aliphatic rings. The molecule has 1 atom stereocenters. The van der Waals surface area contributed by atoms with Crippen molar-refractivity contribution in [1.29, 1.82) is 0 Å². The molecule has 0 heterocycles. The molecule has 0 aliphatic heterocycles. The highest BCUT2D eigenvalue weighted by atomic mass is 16.5. The predicted octanol–water partition coefficient (Wildman–Crippen LogP) is 3.41. The highest BCUT2D eigenvalue weighted by molar-refractivity contribution is 5.85. The molecule has 0 saturated carbocycles. The fourth-order valence-electron chi connectivity index (χ4n) is 2.52. The predicted molar refractivity (Wildman–Crippen MR) is 110 cm³/mol. The standard InChI is InChI=1S/C22H27N3O2/c1-2-3-15-24-21(26)20(16-18-11-7-4-5-8-12-18)25-22(23)27-17-19-13-9-6-10-14-19/h2,4,6-14,20H,1,3,5,15-17H2,(H2,23,25)(H,24,26). The van der Waals surface area contributed by atoms with E-state index in [4.69, 9.17) is 10.5 Å². The summed E-state index contributed by atoms with van der Waals surface area (Å²) in [6, 6.07) is 9.05. The van der Waals surface area contributed by atoms with Crippen LogP contribution in [0.1, 0.15) is 24.8 Å². The zero-order valence-electron chi connectivity index (χ0n) is 15.5. The lowest BCUT2D eigenvalue weighted by Crippen LogP contribution is -2.36. The fourth-order valence-corrected chi connectivity index (χ4v) is 2.52. The van der Waals surface area contributed by atoms with Gasteiger partial charge in [-0.1, -0.05) is 66.8 Å². The highest BCUT2D eigenvalue weighted by Crippen LogP contribution is 2.14. The summed E-state index contributed by atoms with van der Waals surface area (Å²) in [5.41, 5.74) is 7.94. The molecule has 0 spiro atoms. The lowest BCUT2D eigenvalue weighted by Gasteiger charge is -2.15. The minimum absolute atomic E-state index is 0.0106. The Morgan fingerprint density at radius 1 is 1.33 bits per heavy atom. The Morgan fingerprint density at radius 2 is 2.15 bits per heavy atom. The van der Waals surface area contributed by atoms with E-state index in [-0.39, 0.29) is 11.9 Å². The zero-order chi connectivity index (χ0) is 19.3. The molecule has 0 radical (unpaired) electrons. The Labute approximate surface area is 161 Å². The van der Waals surface area contributed by atoms with Crippen molar-refractivity contribution in [2.45, 2.75) is 31.9 Å². The first-order valence-electron chi connectivity index (χ1n) is 9.10. The van der Waals surface area contributed by atoms with Gasteiger partial charge in [0.2, 0.25) is 5.91 Å². The van der Waals surface area contributed by atoms with Gasteiger partial charge >= 0.3 is 0 Å². The molecule has 1 amide bonds. The summed E-state index contributed by atoms with van der Waals surface area (Å²) >= 11 is 0. The van der Waals surface area contributed by atoms with Crippen molar-refractivity contribution >= 4 is 11.9 Å². The van der Waals surface area contributed by atoms with Gasteiger partial charge in [0, 0.05) is 13.0 Å². The van der Waals surface area contributed by atoms with Crippen LogP contribution >= 0.6 is 0 Å². The quantitative estimate of drug-likeness (QED) is 0.305. The van der Waals surface area contributed by atoms with Crippen LogP contribution in [0.4, 0.5) is 0 Å². The van der Waals surface area contributed by atoms with E-state index in [1.54, 1.807) is 6.08 Å². The van der Waals surface area contributed by atoms with Gasteiger partial charge in [0.25, 0.3) is 6.02 Å². The van der Waals surface area contributed by atoms with Crippen molar-refractivity contribution < 1.29 is 9.53 Å². The van der Waals surface area contributed by atoms with Gasteiger partial charge in [-0.05, 0) is 24.0 Å².